The first-order valence-corrected chi connectivity index (χ1v) is 10.0. The van der Waals surface area contributed by atoms with Crippen molar-refractivity contribution in [3.63, 3.8) is 0 Å². The minimum atomic E-state index is -0.150. The maximum Gasteiger partial charge on any atom is 0.263 e. The first-order valence-electron chi connectivity index (χ1n) is 9.17. The van der Waals surface area contributed by atoms with Crippen molar-refractivity contribution in [2.75, 3.05) is 13.2 Å². The Balaban J connectivity index is 1.29. The topological polar surface area (TPSA) is 90.0 Å². The summed E-state index contributed by atoms with van der Waals surface area (Å²) in [5.41, 5.74) is 7.72. The summed E-state index contributed by atoms with van der Waals surface area (Å²) >= 11 is 1.74. The predicted octanol–water partition coefficient (Wildman–Crippen LogP) is 3.16. The molecule has 0 aliphatic carbocycles. The van der Waals surface area contributed by atoms with Crippen LogP contribution < -0.4 is 10.5 Å². The van der Waals surface area contributed by atoms with Crippen LogP contribution in [-0.2, 0) is 22.6 Å². The lowest BCUT2D eigenvalue weighted by atomic mass is 10.1. The molecule has 0 spiro atoms. The number of hydrogen-bond donors (Lipinski definition) is 1. The molecule has 0 saturated heterocycles. The molecule has 0 radical (unpaired) electrons. The fourth-order valence-corrected chi connectivity index (χ4v) is 3.85. The average molecular weight is 408 g/mol. The first kappa shape index (κ1) is 18.9. The zero-order valence-corrected chi connectivity index (χ0v) is 16.5. The van der Waals surface area contributed by atoms with Crippen molar-refractivity contribution in [2.45, 2.75) is 13.0 Å². The lowest BCUT2D eigenvalue weighted by Crippen LogP contribution is -2.37. The second-order valence-electron chi connectivity index (χ2n) is 6.48. The number of para-hydroxylation sites is 1. The zero-order valence-electron chi connectivity index (χ0n) is 15.7. The Labute approximate surface area is 172 Å². The molecule has 3 aromatic rings. The lowest BCUT2D eigenvalue weighted by molar-refractivity contribution is -0.137. The summed E-state index contributed by atoms with van der Waals surface area (Å²) in [4.78, 5) is 24.8. The van der Waals surface area contributed by atoms with Gasteiger partial charge in [-0.1, -0.05) is 23.4 Å². The third kappa shape index (κ3) is 4.72. The van der Waals surface area contributed by atoms with E-state index in [1.54, 1.807) is 34.6 Å². The molecule has 1 aromatic carbocycles. The number of amides is 1. The Kier molecular flexibility index (Phi) is 5.71. The Morgan fingerprint density at radius 2 is 2.07 bits per heavy atom. The van der Waals surface area contributed by atoms with Gasteiger partial charge < -0.3 is 20.2 Å². The second-order valence-corrected chi connectivity index (χ2v) is 7.49. The summed E-state index contributed by atoms with van der Waals surface area (Å²) in [7, 11) is 0. The van der Waals surface area contributed by atoms with Crippen LogP contribution in [-0.4, -0.2) is 34.8 Å². The van der Waals surface area contributed by atoms with Crippen LogP contribution in [0.25, 0.3) is 0 Å². The molecule has 0 bridgehead atoms. The normalized spacial score (nSPS) is 13.7. The summed E-state index contributed by atoms with van der Waals surface area (Å²) in [6.07, 6.45) is 2.43. The molecule has 7 nitrogen and oxygen atoms in total. The number of aromatic nitrogens is 1. The number of carbonyl (C=O) groups excluding carboxylic acids is 1. The van der Waals surface area contributed by atoms with Crippen molar-refractivity contribution >= 4 is 23.1 Å². The SMILES string of the molecule is N/C(=N/OCC(=O)N1CCc2sccc2C1)c1ccc(Oc2ccccc2)nc1. The molecule has 1 amide bonds. The van der Waals surface area contributed by atoms with Gasteiger partial charge in [0, 0.05) is 35.8 Å². The van der Waals surface area contributed by atoms with Crippen molar-refractivity contribution < 1.29 is 14.4 Å². The smallest absolute Gasteiger partial charge is 0.263 e. The van der Waals surface area contributed by atoms with Crippen LogP contribution in [0.2, 0.25) is 0 Å². The van der Waals surface area contributed by atoms with Gasteiger partial charge in [-0.15, -0.1) is 11.3 Å². The summed E-state index contributed by atoms with van der Waals surface area (Å²) in [5, 5.41) is 5.91. The number of nitrogens with two attached hydrogens (primary N) is 1. The van der Waals surface area contributed by atoms with Crippen LogP contribution in [0.1, 0.15) is 16.0 Å². The number of oxime groups is 1. The van der Waals surface area contributed by atoms with Crippen molar-refractivity contribution in [1.29, 1.82) is 0 Å². The third-order valence-corrected chi connectivity index (χ3v) is 5.53. The maximum atomic E-state index is 12.3. The molecule has 0 atom stereocenters. The van der Waals surface area contributed by atoms with Crippen LogP contribution in [0.5, 0.6) is 11.6 Å². The molecule has 3 heterocycles. The molecule has 2 N–H and O–H groups in total. The molecule has 4 rings (SSSR count). The number of hydrogen-bond acceptors (Lipinski definition) is 6. The molecule has 29 heavy (non-hydrogen) atoms. The van der Waals surface area contributed by atoms with Crippen LogP contribution in [0, 0.1) is 0 Å². The summed E-state index contributed by atoms with van der Waals surface area (Å²) in [6.45, 7) is 1.16. The quantitative estimate of drug-likeness (QED) is 0.384. The Morgan fingerprint density at radius 3 is 2.86 bits per heavy atom. The number of thiophene rings is 1. The number of fused-ring (bicyclic) bond motifs is 1. The van der Waals surface area contributed by atoms with E-state index in [2.05, 4.69) is 21.6 Å². The van der Waals surface area contributed by atoms with E-state index in [0.29, 0.717) is 30.3 Å². The van der Waals surface area contributed by atoms with Gasteiger partial charge in [0.1, 0.15) is 5.75 Å². The van der Waals surface area contributed by atoms with Crippen molar-refractivity contribution in [3.05, 3.63) is 76.1 Å². The highest BCUT2D eigenvalue weighted by Crippen LogP contribution is 2.24. The van der Waals surface area contributed by atoms with Gasteiger partial charge in [-0.3, -0.25) is 4.79 Å². The van der Waals surface area contributed by atoms with Crippen LogP contribution in [0.3, 0.4) is 0 Å². The minimum absolute atomic E-state index is 0.108. The highest BCUT2D eigenvalue weighted by atomic mass is 32.1. The molecule has 2 aromatic heterocycles. The molecule has 1 aliphatic rings. The van der Waals surface area contributed by atoms with E-state index < -0.39 is 0 Å². The van der Waals surface area contributed by atoms with E-state index in [1.165, 1.54) is 10.4 Å². The van der Waals surface area contributed by atoms with E-state index in [0.717, 1.165) is 6.42 Å². The average Bonchev–Trinajstić information content (AvgIpc) is 3.23. The standard InChI is InChI=1S/C21H20N4O3S/c22-21(15-6-7-19(23-12-15)28-17-4-2-1-3-5-17)24-27-14-20(26)25-10-8-18-16(13-25)9-11-29-18/h1-7,9,11-12H,8,10,13-14H2,(H2,22,24). The molecule has 148 valence electrons. The van der Waals surface area contributed by atoms with E-state index in [9.17, 15) is 4.79 Å². The van der Waals surface area contributed by atoms with Crippen LogP contribution >= 0.6 is 11.3 Å². The fraction of sp³-hybridized carbons (Fsp3) is 0.190. The predicted molar refractivity (Wildman–Crippen MR) is 111 cm³/mol. The number of carbonyl (C=O) groups is 1. The molecular weight excluding hydrogens is 388 g/mol. The van der Waals surface area contributed by atoms with E-state index in [4.69, 9.17) is 15.3 Å². The van der Waals surface area contributed by atoms with Crippen molar-refractivity contribution in [1.82, 2.24) is 9.88 Å². The third-order valence-electron chi connectivity index (χ3n) is 4.51. The van der Waals surface area contributed by atoms with Crippen molar-refractivity contribution in [2.24, 2.45) is 10.9 Å². The Bertz CT molecular complexity index is 1000. The van der Waals surface area contributed by atoms with E-state index in [-0.39, 0.29) is 18.3 Å². The number of rotatable bonds is 6. The number of pyridine rings is 1. The highest BCUT2D eigenvalue weighted by molar-refractivity contribution is 7.10. The fourth-order valence-electron chi connectivity index (χ4n) is 2.96. The minimum Gasteiger partial charge on any atom is -0.439 e. The van der Waals surface area contributed by atoms with Crippen LogP contribution in [0.4, 0.5) is 0 Å². The van der Waals surface area contributed by atoms with E-state index >= 15 is 0 Å². The summed E-state index contributed by atoms with van der Waals surface area (Å²) in [6, 6.07) is 14.9. The van der Waals surface area contributed by atoms with E-state index in [1.807, 2.05) is 30.3 Å². The van der Waals surface area contributed by atoms with Crippen molar-refractivity contribution in [3.8, 4) is 11.6 Å². The number of amidine groups is 1. The highest BCUT2D eigenvalue weighted by Gasteiger charge is 2.21. The van der Waals surface area contributed by atoms with Gasteiger partial charge in [-0.05, 0) is 41.6 Å². The Morgan fingerprint density at radius 1 is 1.21 bits per heavy atom. The van der Waals surface area contributed by atoms with Crippen LogP contribution in [0.15, 0.2) is 65.3 Å². The molecule has 0 saturated carbocycles. The van der Waals surface area contributed by atoms with Gasteiger partial charge >= 0.3 is 0 Å². The first-order chi connectivity index (χ1) is 14.2. The summed E-state index contributed by atoms with van der Waals surface area (Å²) in [5.74, 6) is 1.18. The molecule has 0 unspecified atom stereocenters. The van der Waals surface area contributed by atoms with Gasteiger partial charge in [0.15, 0.2) is 12.4 Å². The molecule has 0 fully saturated rings. The number of ether oxygens (including phenoxy) is 1. The van der Waals surface area contributed by atoms with Gasteiger partial charge in [0.2, 0.25) is 5.88 Å². The van der Waals surface area contributed by atoms with Gasteiger partial charge in [0.05, 0.1) is 0 Å². The molecular formula is C21H20N4O3S. The Hall–Kier alpha value is -3.39. The second kappa shape index (κ2) is 8.74. The van der Waals surface area contributed by atoms with Gasteiger partial charge in [-0.25, -0.2) is 4.98 Å². The summed E-state index contributed by atoms with van der Waals surface area (Å²) < 4.78 is 5.64. The molecule has 8 heteroatoms. The number of nitrogens with zero attached hydrogens (tertiary/aromatic N) is 3. The zero-order chi connectivity index (χ0) is 20.1. The lowest BCUT2D eigenvalue weighted by Gasteiger charge is -2.26. The molecule has 1 aliphatic heterocycles. The monoisotopic (exact) mass is 408 g/mol. The number of benzene rings is 1. The largest absolute Gasteiger partial charge is 0.439 e. The van der Waals surface area contributed by atoms with Gasteiger partial charge in [0.25, 0.3) is 5.91 Å². The van der Waals surface area contributed by atoms with Gasteiger partial charge in [-0.2, -0.15) is 0 Å². The maximum absolute atomic E-state index is 12.3.